The van der Waals surface area contributed by atoms with Crippen LogP contribution in [0.3, 0.4) is 0 Å². The minimum Gasteiger partial charge on any atom is -0.319 e. The summed E-state index contributed by atoms with van der Waals surface area (Å²) in [5.74, 6) is -1.47. The Kier molecular flexibility index (Phi) is 3.90. The average molecular weight is 285 g/mol. The van der Waals surface area contributed by atoms with Crippen LogP contribution >= 0.6 is 0 Å². The largest absolute Gasteiger partial charge is 0.319 e. The van der Waals surface area contributed by atoms with Crippen LogP contribution < -0.4 is 5.32 Å². The van der Waals surface area contributed by atoms with Crippen LogP contribution in [0.25, 0.3) is 0 Å². The number of carbonyl (C=O) groups is 1. The Hall–Kier alpha value is -3.27. The maximum absolute atomic E-state index is 13.6. The van der Waals surface area contributed by atoms with Crippen molar-refractivity contribution in [3.05, 3.63) is 69.5 Å². The highest BCUT2D eigenvalue weighted by Crippen LogP contribution is 2.21. The second-order valence-electron chi connectivity index (χ2n) is 4.06. The van der Waals surface area contributed by atoms with Gasteiger partial charge in [0.2, 0.25) is 0 Å². The molecule has 1 N–H and O–H groups in total. The molecule has 2 aromatic rings. The Morgan fingerprint density at radius 2 is 1.90 bits per heavy atom. The topological polar surface area (TPSA) is 96.0 Å². The molecule has 6 nitrogen and oxygen atoms in total. The summed E-state index contributed by atoms with van der Waals surface area (Å²) in [4.78, 5) is 21.7. The SMILES string of the molecule is N#Cc1ccc(C(=O)Nc2ccc([N+](=O)[O-])cc2F)cc1. The molecule has 7 heteroatoms. The zero-order chi connectivity index (χ0) is 15.4. The zero-order valence-corrected chi connectivity index (χ0v) is 10.5. The van der Waals surface area contributed by atoms with E-state index in [0.29, 0.717) is 5.56 Å². The Bertz CT molecular complexity index is 751. The van der Waals surface area contributed by atoms with Crippen LogP contribution in [0.1, 0.15) is 15.9 Å². The lowest BCUT2D eigenvalue weighted by atomic mass is 10.1. The van der Waals surface area contributed by atoms with Crippen molar-refractivity contribution in [3.8, 4) is 6.07 Å². The number of non-ortho nitro benzene ring substituents is 1. The van der Waals surface area contributed by atoms with E-state index in [2.05, 4.69) is 5.32 Å². The van der Waals surface area contributed by atoms with Crippen molar-refractivity contribution >= 4 is 17.3 Å². The van der Waals surface area contributed by atoms with Gasteiger partial charge >= 0.3 is 0 Å². The fourth-order valence-electron chi connectivity index (χ4n) is 1.61. The Labute approximate surface area is 118 Å². The number of carbonyl (C=O) groups excluding carboxylic acids is 1. The normalized spacial score (nSPS) is 9.71. The van der Waals surface area contributed by atoms with Crippen molar-refractivity contribution in [2.24, 2.45) is 0 Å². The van der Waals surface area contributed by atoms with E-state index in [4.69, 9.17) is 5.26 Å². The van der Waals surface area contributed by atoms with Gasteiger partial charge in [0.15, 0.2) is 5.82 Å². The quantitative estimate of drug-likeness (QED) is 0.692. The van der Waals surface area contributed by atoms with Crippen LogP contribution in [0.5, 0.6) is 0 Å². The molecule has 21 heavy (non-hydrogen) atoms. The number of nitro groups is 1. The molecule has 0 bridgehead atoms. The summed E-state index contributed by atoms with van der Waals surface area (Å²) in [6, 6.07) is 10.6. The molecule has 0 aliphatic heterocycles. The molecule has 0 aliphatic rings. The van der Waals surface area contributed by atoms with Gasteiger partial charge in [-0.25, -0.2) is 4.39 Å². The third kappa shape index (κ3) is 3.19. The first-order valence-corrected chi connectivity index (χ1v) is 5.76. The van der Waals surface area contributed by atoms with Gasteiger partial charge in [0, 0.05) is 11.6 Å². The minimum absolute atomic E-state index is 0.157. The zero-order valence-electron chi connectivity index (χ0n) is 10.5. The van der Waals surface area contributed by atoms with Gasteiger partial charge in [-0.3, -0.25) is 14.9 Å². The summed E-state index contributed by atoms with van der Waals surface area (Å²) in [6.07, 6.45) is 0. The number of hydrogen-bond acceptors (Lipinski definition) is 4. The van der Waals surface area contributed by atoms with Gasteiger partial charge in [0.05, 0.1) is 28.3 Å². The first-order valence-electron chi connectivity index (χ1n) is 5.76. The van der Waals surface area contributed by atoms with Gasteiger partial charge < -0.3 is 5.32 Å². The number of rotatable bonds is 3. The molecule has 1 amide bonds. The van der Waals surface area contributed by atoms with E-state index in [9.17, 15) is 19.3 Å². The van der Waals surface area contributed by atoms with Crippen molar-refractivity contribution < 1.29 is 14.1 Å². The lowest BCUT2D eigenvalue weighted by Crippen LogP contribution is -2.13. The molecule has 0 saturated carbocycles. The second kappa shape index (κ2) is 5.79. The van der Waals surface area contributed by atoms with Gasteiger partial charge in [-0.2, -0.15) is 5.26 Å². The van der Waals surface area contributed by atoms with Crippen LogP contribution in [-0.4, -0.2) is 10.8 Å². The standard InChI is InChI=1S/C14H8FN3O3/c15-12-7-11(18(20)21)5-6-13(12)17-14(19)10-3-1-9(8-16)2-4-10/h1-7H,(H,17,19). The number of anilines is 1. The number of amides is 1. The number of hydrogen-bond donors (Lipinski definition) is 1. The molecule has 0 spiro atoms. The van der Waals surface area contributed by atoms with Gasteiger partial charge in [-0.1, -0.05) is 0 Å². The number of halogens is 1. The third-order valence-corrected chi connectivity index (χ3v) is 2.69. The molecule has 0 atom stereocenters. The molecular formula is C14H8FN3O3. The molecule has 0 aliphatic carbocycles. The maximum atomic E-state index is 13.6. The van der Waals surface area contributed by atoms with Crippen molar-refractivity contribution in [3.63, 3.8) is 0 Å². The van der Waals surface area contributed by atoms with E-state index in [1.54, 1.807) is 0 Å². The summed E-state index contributed by atoms with van der Waals surface area (Å²) >= 11 is 0. The molecule has 2 aromatic carbocycles. The highest BCUT2D eigenvalue weighted by atomic mass is 19.1. The number of nitriles is 1. The molecule has 0 saturated heterocycles. The van der Waals surface area contributed by atoms with Gasteiger partial charge in [0.1, 0.15) is 0 Å². The number of benzene rings is 2. The summed E-state index contributed by atoms with van der Waals surface area (Å²) < 4.78 is 13.6. The lowest BCUT2D eigenvalue weighted by molar-refractivity contribution is -0.385. The Balaban J connectivity index is 2.19. The van der Waals surface area contributed by atoms with Gasteiger partial charge in [-0.05, 0) is 30.3 Å². The predicted octanol–water partition coefficient (Wildman–Crippen LogP) is 2.86. The lowest BCUT2D eigenvalue weighted by Gasteiger charge is -2.06. The van der Waals surface area contributed by atoms with Crippen LogP contribution in [-0.2, 0) is 0 Å². The molecule has 0 fully saturated rings. The van der Waals surface area contributed by atoms with E-state index < -0.39 is 22.3 Å². The van der Waals surface area contributed by atoms with Crippen LogP contribution in [0, 0.1) is 27.3 Å². The summed E-state index contributed by atoms with van der Waals surface area (Å²) in [7, 11) is 0. The van der Waals surface area contributed by atoms with E-state index in [0.717, 1.165) is 18.2 Å². The number of nitrogens with one attached hydrogen (secondary N) is 1. The first kappa shape index (κ1) is 14.1. The smallest absolute Gasteiger partial charge is 0.272 e. The summed E-state index contributed by atoms with van der Waals surface area (Å²) in [6.45, 7) is 0. The highest BCUT2D eigenvalue weighted by molar-refractivity contribution is 6.04. The Morgan fingerprint density at radius 3 is 2.43 bits per heavy atom. The summed E-state index contributed by atoms with van der Waals surface area (Å²) in [5.41, 5.74) is 0.0821. The van der Waals surface area contributed by atoms with Crippen molar-refractivity contribution in [2.45, 2.75) is 0 Å². The van der Waals surface area contributed by atoms with Gasteiger partial charge in [-0.15, -0.1) is 0 Å². The maximum Gasteiger partial charge on any atom is 0.272 e. The molecule has 0 unspecified atom stereocenters. The van der Waals surface area contributed by atoms with Gasteiger partial charge in [0.25, 0.3) is 11.6 Å². The monoisotopic (exact) mass is 285 g/mol. The molecule has 0 heterocycles. The predicted molar refractivity (Wildman–Crippen MR) is 72.2 cm³/mol. The molecule has 2 rings (SSSR count). The summed E-state index contributed by atoms with van der Waals surface area (Å²) in [5, 5.41) is 21.5. The highest BCUT2D eigenvalue weighted by Gasteiger charge is 2.13. The van der Waals surface area contributed by atoms with Crippen LogP contribution in [0.4, 0.5) is 15.8 Å². The minimum atomic E-state index is -0.897. The van der Waals surface area contributed by atoms with Crippen LogP contribution in [0.15, 0.2) is 42.5 Å². The Morgan fingerprint density at radius 1 is 1.24 bits per heavy atom. The number of nitrogens with zero attached hydrogens (tertiary/aromatic N) is 2. The molecule has 0 radical (unpaired) electrons. The van der Waals surface area contributed by atoms with Crippen LogP contribution in [0.2, 0.25) is 0 Å². The van der Waals surface area contributed by atoms with E-state index >= 15 is 0 Å². The van der Waals surface area contributed by atoms with Crippen molar-refractivity contribution in [1.29, 1.82) is 5.26 Å². The fourth-order valence-corrected chi connectivity index (χ4v) is 1.61. The number of nitro benzene ring substituents is 1. The third-order valence-electron chi connectivity index (χ3n) is 2.69. The molecular weight excluding hydrogens is 277 g/mol. The molecule has 0 aromatic heterocycles. The average Bonchev–Trinajstić information content (AvgIpc) is 2.49. The van der Waals surface area contributed by atoms with E-state index in [1.807, 2.05) is 6.07 Å². The first-order chi connectivity index (χ1) is 10.0. The van der Waals surface area contributed by atoms with E-state index in [-0.39, 0.29) is 11.3 Å². The fraction of sp³-hybridized carbons (Fsp3) is 0. The molecule has 104 valence electrons. The van der Waals surface area contributed by atoms with Crippen molar-refractivity contribution in [2.75, 3.05) is 5.32 Å². The van der Waals surface area contributed by atoms with E-state index in [1.165, 1.54) is 24.3 Å². The van der Waals surface area contributed by atoms with Crippen molar-refractivity contribution in [1.82, 2.24) is 0 Å². The second-order valence-corrected chi connectivity index (χ2v) is 4.06.